The third-order valence-corrected chi connectivity index (χ3v) is 7.28. The number of hydrogen-bond acceptors (Lipinski definition) is 5. The molecule has 142 valence electrons. The third kappa shape index (κ3) is 2.50. The Hall–Kier alpha value is -2.93. The lowest BCUT2D eigenvalue weighted by Crippen LogP contribution is -2.40. The maximum atomic E-state index is 13.3. The maximum Gasteiger partial charge on any atom is 0.291 e. The van der Waals surface area contributed by atoms with Gasteiger partial charge in [-0.05, 0) is 24.1 Å². The number of sulfone groups is 1. The van der Waals surface area contributed by atoms with Gasteiger partial charge in [0, 0.05) is 6.04 Å². The van der Waals surface area contributed by atoms with Crippen molar-refractivity contribution in [2.45, 2.75) is 18.5 Å². The Morgan fingerprint density at radius 3 is 2.39 bits per heavy atom. The summed E-state index contributed by atoms with van der Waals surface area (Å²) in [5, 5.41) is 0.413. The molecule has 1 fully saturated rings. The quantitative estimate of drug-likeness (QED) is 0.666. The summed E-state index contributed by atoms with van der Waals surface area (Å²) in [6.45, 7) is 0. The molecule has 2 aromatic carbocycles. The molecule has 0 unspecified atom stereocenters. The second kappa shape index (κ2) is 6.04. The van der Waals surface area contributed by atoms with E-state index in [4.69, 9.17) is 4.42 Å². The standard InChI is InChI=1S/C21H17NO5S/c23-19-15-8-4-5-9-16(15)27-20-17(19)18(13-6-2-1-3-7-13)22(21(20)24)14-10-11-28(25,26)12-14/h1-9,14,18H,10-12H2/t14-,18-/m1/s1. The minimum Gasteiger partial charge on any atom is -0.450 e. The van der Waals surface area contributed by atoms with Gasteiger partial charge in [-0.2, -0.15) is 0 Å². The zero-order chi connectivity index (χ0) is 19.5. The van der Waals surface area contributed by atoms with Gasteiger partial charge < -0.3 is 9.32 Å². The Morgan fingerprint density at radius 1 is 0.964 bits per heavy atom. The second-order valence-electron chi connectivity index (χ2n) is 7.25. The van der Waals surface area contributed by atoms with Gasteiger partial charge in [-0.3, -0.25) is 9.59 Å². The Labute approximate surface area is 161 Å². The van der Waals surface area contributed by atoms with Crippen molar-refractivity contribution in [3.05, 3.63) is 81.7 Å². The first-order valence-electron chi connectivity index (χ1n) is 9.10. The normalized spacial score (nSPS) is 23.3. The molecule has 5 rings (SSSR count). The lowest BCUT2D eigenvalue weighted by Gasteiger charge is -2.30. The van der Waals surface area contributed by atoms with E-state index in [-0.39, 0.29) is 22.7 Å². The average molecular weight is 395 g/mol. The summed E-state index contributed by atoms with van der Waals surface area (Å²) in [5.41, 5.74) is 1.16. The molecule has 3 aromatic rings. The highest BCUT2D eigenvalue weighted by Crippen LogP contribution is 2.41. The number of amides is 1. The van der Waals surface area contributed by atoms with E-state index in [1.54, 1.807) is 24.3 Å². The summed E-state index contributed by atoms with van der Waals surface area (Å²) in [6.07, 6.45) is 0.360. The molecule has 0 saturated carbocycles. The molecule has 1 aromatic heterocycles. The molecule has 28 heavy (non-hydrogen) atoms. The van der Waals surface area contributed by atoms with Crippen molar-refractivity contribution in [1.29, 1.82) is 0 Å². The monoisotopic (exact) mass is 395 g/mol. The number of rotatable bonds is 2. The van der Waals surface area contributed by atoms with Gasteiger partial charge in [0.25, 0.3) is 5.91 Å². The first-order chi connectivity index (χ1) is 13.5. The highest BCUT2D eigenvalue weighted by molar-refractivity contribution is 7.91. The average Bonchev–Trinajstić information content (AvgIpc) is 3.20. The molecule has 6 nitrogen and oxygen atoms in total. The van der Waals surface area contributed by atoms with E-state index in [0.717, 1.165) is 5.56 Å². The predicted octanol–water partition coefficient (Wildman–Crippen LogP) is 2.53. The molecule has 7 heteroatoms. The van der Waals surface area contributed by atoms with Crippen LogP contribution in [0.5, 0.6) is 0 Å². The van der Waals surface area contributed by atoms with Crippen molar-refractivity contribution in [1.82, 2.24) is 4.90 Å². The van der Waals surface area contributed by atoms with Crippen LogP contribution in [0, 0.1) is 0 Å². The Bertz CT molecular complexity index is 1260. The molecule has 1 saturated heterocycles. The smallest absolute Gasteiger partial charge is 0.291 e. The van der Waals surface area contributed by atoms with Gasteiger partial charge in [0.05, 0.1) is 28.5 Å². The van der Waals surface area contributed by atoms with Crippen molar-refractivity contribution in [2.24, 2.45) is 0 Å². The summed E-state index contributed by atoms with van der Waals surface area (Å²) in [4.78, 5) is 28.1. The van der Waals surface area contributed by atoms with Crippen molar-refractivity contribution in [2.75, 3.05) is 11.5 Å². The zero-order valence-corrected chi connectivity index (χ0v) is 15.7. The number of fused-ring (bicyclic) bond motifs is 2. The van der Waals surface area contributed by atoms with E-state index in [9.17, 15) is 18.0 Å². The summed E-state index contributed by atoms with van der Waals surface area (Å²) in [7, 11) is -3.20. The van der Waals surface area contributed by atoms with Crippen LogP contribution in [0.25, 0.3) is 11.0 Å². The molecule has 2 atom stereocenters. The summed E-state index contributed by atoms with van der Waals surface area (Å²) in [6, 6.07) is 14.9. The maximum absolute atomic E-state index is 13.3. The fourth-order valence-electron chi connectivity index (χ4n) is 4.27. The number of hydrogen-bond donors (Lipinski definition) is 0. The van der Waals surface area contributed by atoms with E-state index in [2.05, 4.69) is 0 Å². The number of nitrogens with zero attached hydrogens (tertiary/aromatic N) is 1. The lowest BCUT2D eigenvalue weighted by atomic mass is 9.97. The van der Waals surface area contributed by atoms with Gasteiger partial charge in [0.15, 0.2) is 15.3 Å². The highest BCUT2D eigenvalue weighted by Gasteiger charge is 2.48. The molecular formula is C21H17NO5S. The molecule has 2 aliphatic heterocycles. The van der Waals surface area contributed by atoms with E-state index >= 15 is 0 Å². The third-order valence-electron chi connectivity index (χ3n) is 5.53. The van der Waals surface area contributed by atoms with Crippen molar-refractivity contribution in [3.63, 3.8) is 0 Å². The fraction of sp³-hybridized carbons (Fsp3) is 0.238. The van der Waals surface area contributed by atoms with Crippen molar-refractivity contribution in [3.8, 4) is 0 Å². The Balaban J connectivity index is 1.76. The molecular weight excluding hydrogens is 378 g/mol. The molecule has 0 spiro atoms. The second-order valence-corrected chi connectivity index (χ2v) is 9.48. The van der Waals surface area contributed by atoms with Crippen LogP contribution in [-0.2, 0) is 9.84 Å². The van der Waals surface area contributed by atoms with E-state index in [1.165, 1.54) is 4.90 Å². The number of benzene rings is 2. The van der Waals surface area contributed by atoms with Crippen molar-refractivity contribution < 1.29 is 17.6 Å². The summed E-state index contributed by atoms with van der Waals surface area (Å²) in [5.74, 6) is -0.456. The molecule has 0 radical (unpaired) electrons. The molecule has 1 amide bonds. The Morgan fingerprint density at radius 2 is 1.68 bits per heavy atom. The number of carbonyl (C=O) groups excluding carboxylic acids is 1. The van der Waals surface area contributed by atoms with Gasteiger partial charge in [-0.25, -0.2) is 8.42 Å². The molecule has 0 aliphatic carbocycles. The zero-order valence-electron chi connectivity index (χ0n) is 14.9. The van der Waals surface area contributed by atoms with Gasteiger partial charge >= 0.3 is 0 Å². The van der Waals surface area contributed by atoms with Crippen LogP contribution >= 0.6 is 0 Å². The molecule has 0 bridgehead atoms. The van der Waals surface area contributed by atoms with Crippen LogP contribution in [0.3, 0.4) is 0 Å². The topological polar surface area (TPSA) is 84.7 Å². The minimum atomic E-state index is -3.20. The lowest BCUT2D eigenvalue weighted by molar-refractivity contribution is 0.0662. The van der Waals surface area contributed by atoms with Crippen LogP contribution in [0.4, 0.5) is 0 Å². The van der Waals surface area contributed by atoms with Crippen LogP contribution in [0.15, 0.2) is 63.8 Å². The highest BCUT2D eigenvalue weighted by atomic mass is 32.2. The summed E-state index contributed by atoms with van der Waals surface area (Å²) < 4.78 is 30.0. The van der Waals surface area contributed by atoms with E-state index in [1.807, 2.05) is 30.3 Å². The van der Waals surface area contributed by atoms with Crippen molar-refractivity contribution >= 4 is 26.7 Å². The van der Waals surface area contributed by atoms with E-state index < -0.39 is 27.8 Å². The minimum absolute atomic E-state index is 0.0156. The fourth-order valence-corrected chi connectivity index (χ4v) is 5.98. The van der Waals surface area contributed by atoms with Crippen LogP contribution in [-0.4, -0.2) is 36.8 Å². The first-order valence-corrected chi connectivity index (χ1v) is 10.9. The van der Waals surface area contributed by atoms with Gasteiger partial charge in [-0.1, -0.05) is 42.5 Å². The van der Waals surface area contributed by atoms with Crippen LogP contribution < -0.4 is 5.43 Å². The Kier molecular flexibility index (Phi) is 3.71. The largest absolute Gasteiger partial charge is 0.450 e. The van der Waals surface area contributed by atoms with Gasteiger partial charge in [-0.15, -0.1) is 0 Å². The molecule has 2 aliphatic rings. The van der Waals surface area contributed by atoms with Gasteiger partial charge in [0.2, 0.25) is 5.76 Å². The number of para-hydroxylation sites is 1. The summed E-state index contributed by atoms with van der Waals surface area (Å²) >= 11 is 0. The van der Waals surface area contributed by atoms with E-state index in [0.29, 0.717) is 23.0 Å². The predicted molar refractivity (Wildman–Crippen MR) is 104 cm³/mol. The molecule has 0 N–H and O–H groups in total. The molecule has 3 heterocycles. The van der Waals surface area contributed by atoms with Crippen LogP contribution in [0.2, 0.25) is 0 Å². The number of carbonyl (C=O) groups is 1. The van der Waals surface area contributed by atoms with Gasteiger partial charge in [0.1, 0.15) is 5.58 Å². The first kappa shape index (κ1) is 17.2. The van der Waals surface area contributed by atoms with Crippen LogP contribution in [0.1, 0.15) is 34.1 Å². The SMILES string of the molecule is O=C1c2oc3ccccc3c(=O)c2[C@@H](c2ccccc2)N1[C@@H]1CCS(=O)(=O)C1.